The van der Waals surface area contributed by atoms with Gasteiger partial charge in [0.15, 0.2) is 0 Å². The number of hydrogen-bond donors (Lipinski definition) is 2. The molecule has 1 atom stereocenters. The maximum absolute atomic E-state index is 12.3. The van der Waals surface area contributed by atoms with E-state index in [9.17, 15) is 9.59 Å². The van der Waals surface area contributed by atoms with Crippen molar-refractivity contribution in [2.24, 2.45) is 11.3 Å². The summed E-state index contributed by atoms with van der Waals surface area (Å²) >= 11 is 0. The Balaban J connectivity index is 1.48. The smallest absolute Gasteiger partial charge is 0.239 e. The standard InChI is InChI=1S/C14H23N3O2/c1-17(9-12(18)16-10-2-3-10)13(19)11-8-14(11)4-6-15-7-5-14/h10-11,15H,2-9H2,1H3,(H,16,18). The van der Waals surface area contributed by atoms with Gasteiger partial charge in [-0.05, 0) is 50.6 Å². The van der Waals surface area contributed by atoms with Crippen LogP contribution in [0.15, 0.2) is 0 Å². The fraction of sp³-hybridized carbons (Fsp3) is 0.857. The van der Waals surface area contributed by atoms with Crippen molar-refractivity contribution >= 4 is 11.8 Å². The van der Waals surface area contributed by atoms with Gasteiger partial charge < -0.3 is 15.5 Å². The molecule has 0 aromatic carbocycles. The van der Waals surface area contributed by atoms with Gasteiger partial charge in [-0.15, -0.1) is 0 Å². The first kappa shape index (κ1) is 12.9. The summed E-state index contributed by atoms with van der Waals surface area (Å²) in [5.41, 5.74) is 0.254. The fourth-order valence-electron chi connectivity index (χ4n) is 3.23. The molecule has 0 aromatic rings. The lowest BCUT2D eigenvalue weighted by molar-refractivity contribution is -0.136. The molecule has 2 aliphatic carbocycles. The number of carbonyl (C=O) groups is 2. The van der Waals surface area contributed by atoms with Crippen molar-refractivity contribution in [1.29, 1.82) is 0 Å². The second kappa shape index (κ2) is 4.78. The van der Waals surface area contributed by atoms with Gasteiger partial charge in [-0.2, -0.15) is 0 Å². The van der Waals surface area contributed by atoms with Crippen LogP contribution in [0.25, 0.3) is 0 Å². The van der Waals surface area contributed by atoms with Crippen LogP contribution in [0.3, 0.4) is 0 Å². The summed E-state index contributed by atoms with van der Waals surface area (Å²) in [6, 6.07) is 0.368. The minimum absolute atomic E-state index is 0.0154. The summed E-state index contributed by atoms with van der Waals surface area (Å²) in [6.45, 7) is 2.26. The molecule has 3 rings (SSSR count). The Morgan fingerprint density at radius 2 is 2.00 bits per heavy atom. The lowest BCUT2D eigenvalue weighted by Crippen LogP contribution is -2.41. The van der Waals surface area contributed by atoms with Crippen molar-refractivity contribution in [2.45, 2.75) is 38.1 Å². The van der Waals surface area contributed by atoms with E-state index in [1.54, 1.807) is 11.9 Å². The summed E-state index contributed by atoms with van der Waals surface area (Å²) < 4.78 is 0. The van der Waals surface area contributed by atoms with E-state index in [-0.39, 0.29) is 29.7 Å². The van der Waals surface area contributed by atoms with Crippen molar-refractivity contribution in [3.8, 4) is 0 Å². The molecule has 5 heteroatoms. The molecule has 1 aliphatic heterocycles. The molecule has 1 heterocycles. The van der Waals surface area contributed by atoms with Gasteiger partial charge in [0.25, 0.3) is 0 Å². The first-order chi connectivity index (χ1) is 9.11. The molecular weight excluding hydrogens is 242 g/mol. The molecule has 5 nitrogen and oxygen atoms in total. The van der Waals surface area contributed by atoms with Crippen LogP contribution >= 0.6 is 0 Å². The Labute approximate surface area is 114 Å². The normalized spacial score (nSPS) is 27.9. The van der Waals surface area contributed by atoms with Crippen LogP contribution in [0.1, 0.15) is 32.1 Å². The SMILES string of the molecule is CN(CC(=O)NC1CC1)C(=O)C1CC12CCNCC2. The van der Waals surface area contributed by atoms with Crippen molar-refractivity contribution in [1.82, 2.24) is 15.5 Å². The lowest BCUT2D eigenvalue weighted by Gasteiger charge is -2.25. The maximum Gasteiger partial charge on any atom is 0.239 e. The summed E-state index contributed by atoms with van der Waals surface area (Å²) in [7, 11) is 1.75. The number of nitrogens with zero attached hydrogens (tertiary/aromatic N) is 1. The zero-order valence-electron chi connectivity index (χ0n) is 11.6. The zero-order chi connectivity index (χ0) is 13.5. The molecule has 2 saturated carbocycles. The predicted octanol–water partition coefficient (Wildman–Crippen LogP) is 0.113. The molecule has 3 aliphatic rings. The fourth-order valence-corrected chi connectivity index (χ4v) is 3.23. The van der Waals surface area contributed by atoms with Crippen LogP contribution in [0.4, 0.5) is 0 Å². The Kier molecular flexibility index (Phi) is 3.25. The van der Waals surface area contributed by atoms with Crippen LogP contribution in [-0.4, -0.2) is 49.4 Å². The van der Waals surface area contributed by atoms with E-state index in [1.165, 1.54) is 0 Å². The average Bonchev–Trinajstić information content (AvgIpc) is 3.29. The monoisotopic (exact) mass is 265 g/mol. The third-order valence-electron chi connectivity index (χ3n) is 4.79. The van der Waals surface area contributed by atoms with Crippen LogP contribution in [0, 0.1) is 11.3 Å². The zero-order valence-corrected chi connectivity index (χ0v) is 11.6. The molecular formula is C14H23N3O2. The quantitative estimate of drug-likeness (QED) is 0.758. The van der Waals surface area contributed by atoms with E-state index < -0.39 is 0 Å². The molecule has 1 unspecified atom stereocenters. The van der Waals surface area contributed by atoms with E-state index in [1.807, 2.05) is 0 Å². The molecule has 106 valence electrons. The number of nitrogens with one attached hydrogen (secondary N) is 2. The first-order valence-electron chi connectivity index (χ1n) is 7.36. The number of piperidine rings is 1. The van der Waals surface area contributed by atoms with E-state index in [0.717, 1.165) is 45.2 Å². The Hall–Kier alpha value is -1.10. The topological polar surface area (TPSA) is 61.4 Å². The summed E-state index contributed by atoms with van der Waals surface area (Å²) in [6.07, 6.45) is 5.39. The number of hydrogen-bond acceptors (Lipinski definition) is 3. The number of carbonyl (C=O) groups excluding carboxylic acids is 2. The highest BCUT2D eigenvalue weighted by atomic mass is 16.2. The van der Waals surface area contributed by atoms with Gasteiger partial charge in [-0.3, -0.25) is 9.59 Å². The highest BCUT2D eigenvalue weighted by molar-refractivity contribution is 5.88. The first-order valence-corrected chi connectivity index (χ1v) is 7.36. The molecule has 2 amide bonds. The molecule has 19 heavy (non-hydrogen) atoms. The molecule has 2 N–H and O–H groups in total. The molecule has 0 aromatic heterocycles. The minimum Gasteiger partial charge on any atom is -0.352 e. The van der Waals surface area contributed by atoms with Gasteiger partial charge in [-0.1, -0.05) is 0 Å². The molecule has 0 bridgehead atoms. The van der Waals surface area contributed by atoms with Crippen LogP contribution in [-0.2, 0) is 9.59 Å². The molecule has 1 spiro atoms. The highest BCUT2D eigenvalue weighted by Crippen LogP contribution is 2.59. The predicted molar refractivity (Wildman–Crippen MR) is 71.4 cm³/mol. The number of likely N-dealkylation sites (N-methyl/N-ethyl adjacent to an activating group) is 1. The van der Waals surface area contributed by atoms with Crippen molar-refractivity contribution in [3.05, 3.63) is 0 Å². The third-order valence-corrected chi connectivity index (χ3v) is 4.79. The minimum atomic E-state index is -0.0154. The number of rotatable bonds is 4. The van der Waals surface area contributed by atoms with Gasteiger partial charge in [0.1, 0.15) is 0 Å². The second-order valence-electron chi connectivity index (χ2n) is 6.41. The van der Waals surface area contributed by atoms with Crippen molar-refractivity contribution in [3.63, 3.8) is 0 Å². The van der Waals surface area contributed by atoms with Gasteiger partial charge in [0, 0.05) is 19.0 Å². The van der Waals surface area contributed by atoms with Crippen molar-refractivity contribution in [2.75, 3.05) is 26.7 Å². The maximum atomic E-state index is 12.3. The second-order valence-corrected chi connectivity index (χ2v) is 6.41. The Morgan fingerprint density at radius 1 is 1.32 bits per heavy atom. The molecule has 1 saturated heterocycles. The van der Waals surface area contributed by atoms with Gasteiger partial charge >= 0.3 is 0 Å². The third kappa shape index (κ3) is 2.76. The van der Waals surface area contributed by atoms with Gasteiger partial charge in [0.2, 0.25) is 11.8 Å². The molecule has 0 radical (unpaired) electrons. The van der Waals surface area contributed by atoms with E-state index >= 15 is 0 Å². The molecule has 3 fully saturated rings. The van der Waals surface area contributed by atoms with E-state index in [4.69, 9.17) is 0 Å². The lowest BCUT2D eigenvalue weighted by atomic mass is 9.91. The van der Waals surface area contributed by atoms with Gasteiger partial charge in [-0.25, -0.2) is 0 Å². The summed E-state index contributed by atoms with van der Waals surface area (Å²) in [4.78, 5) is 25.7. The largest absolute Gasteiger partial charge is 0.352 e. The highest BCUT2D eigenvalue weighted by Gasteiger charge is 2.58. The van der Waals surface area contributed by atoms with Crippen LogP contribution < -0.4 is 10.6 Å². The van der Waals surface area contributed by atoms with Crippen LogP contribution in [0.2, 0.25) is 0 Å². The summed E-state index contributed by atoms with van der Waals surface area (Å²) in [5, 5.41) is 6.27. The van der Waals surface area contributed by atoms with Crippen molar-refractivity contribution < 1.29 is 9.59 Å². The number of amides is 2. The Morgan fingerprint density at radius 3 is 2.63 bits per heavy atom. The summed E-state index contributed by atoms with van der Waals surface area (Å²) in [5.74, 6) is 0.305. The Bertz CT molecular complexity index is 386. The van der Waals surface area contributed by atoms with Gasteiger partial charge in [0.05, 0.1) is 6.54 Å². The van der Waals surface area contributed by atoms with E-state index in [0.29, 0.717) is 6.04 Å². The van der Waals surface area contributed by atoms with Crippen LogP contribution in [0.5, 0.6) is 0 Å². The average molecular weight is 265 g/mol. The van der Waals surface area contributed by atoms with E-state index in [2.05, 4.69) is 10.6 Å².